The maximum Gasteiger partial charge on any atom is 0.237 e. The molecule has 0 amide bonds. The van der Waals surface area contributed by atoms with Gasteiger partial charge in [0, 0.05) is 5.56 Å². The fourth-order valence-electron chi connectivity index (χ4n) is 2.08. The molecule has 0 aromatic heterocycles. The second-order valence-electron chi connectivity index (χ2n) is 5.89. The third-order valence-corrected chi connectivity index (χ3v) is 4.37. The number of rotatable bonds is 12. The number of benzene rings is 1. The van der Waals surface area contributed by atoms with E-state index in [1.54, 1.807) is 6.07 Å². The minimum atomic E-state index is 0.0145. The van der Waals surface area contributed by atoms with Crippen LogP contribution in [0.3, 0.4) is 0 Å². The van der Waals surface area contributed by atoms with Crippen molar-refractivity contribution >= 4 is 41.3 Å². The zero-order valence-electron chi connectivity index (χ0n) is 16.3. The van der Waals surface area contributed by atoms with E-state index < -0.39 is 0 Å². The molecule has 0 saturated carbocycles. The molecule has 0 saturated heterocycles. The van der Waals surface area contributed by atoms with Crippen molar-refractivity contribution in [3.05, 3.63) is 33.3 Å². The van der Waals surface area contributed by atoms with Crippen LogP contribution in [0.4, 0.5) is 0 Å². The van der Waals surface area contributed by atoms with E-state index in [0.717, 1.165) is 37.7 Å². The molecule has 0 radical (unpaired) electrons. The highest BCUT2D eigenvalue weighted by Gasteiger charge is 2.09. The zero-order valence-corrected chi connectivity index (χ0v) is 17.8. The third kappa shape index (κ3) is 10.2. The Balaban J connectivity index is 2.55. The van der Waals surface area contributed by atoms with Gasteiger partial charge in [-0.05, 0) is 37.3 Å². The largest absolute Gasteiger partial charge is 0.367 e. The summed E-state index contributed by atoms with van der Waals surface area (Å²) in [7, 11) is 0. The van der Waals surface area contributed by atoms with E-state index >= 15 is 0 Å². The van der Waals surface area contributed by atoms with Gasteiger partial charge in [-0.15, -0.1) is 10.2 Å². The monoisotopic (exact) mass is 446 g/mol. The smallest absolute Gasteiger partial charge is 0.237 e. The van der Waals surface area contributed by atoms with Gasteiger partial charge in [0.2, 0.25) is 11.9 Å². The average molecular weight is 447 g/mol. The Morgan fingerprint density at radius 1 is 1.07 bits per heavy atom. The number of hydrogen-bond acceptors (Lipinski definition) is 6. The first-order valence-electron chi connectivity index (χ1n) is 9.11. The Bertz CT molecular complexity index is 713. The second-order valence-corrected chi connectivity index (χ2v) is 6.68. The van der Waals surface area contributed by atoms with Crippen LogP contribution in [-0.4, -0.2) is 31.3 Å². The summed E-state index contributed by atoms with van der Waals surface area (Å²) in [6, 6.07) is 3.64. The van der Waals surface area contributed by atoms with Crippen LogP contribution in [0, 0.1) is 0 Å². The van der Waals surface area contributed by atoms with Crippen LogP contribution in [-0.2, 0) is 16.1 Å². The van der Waals surface area contributed by atoms with Gasteiger partial charge in [-0.3, -0.25) is 9.68 Å². The number of hydrogen-bond donors (Lipinski definition) is 5. The number of halogens is 2. The lowest BCUT2D eigenvalue weighted by atomic mass is 10.1. The first-order chi connectivity index (χ1) is 14.0. The van der Waals surface area contributed by atoms with Gasteiger partial charge in [-0.25, -0.2) is 11.0 Å². The van der Waals surface area contributed by atoms with Crippen molar-refractivity contribution < 1.29 is 9.68 Å². The summed E-state index contributed by atoms with van der Waals surface area (Å²) >= 11 is 12.7. The van der Waals surface area contributed by atoms with Gasteiger partial charge in [-0.1, -0.05) is 42.6 Å². The van der Waals surface area contributed by atoms with Gasteiger partial charge in [0.15, 0.2) is 0 Å². The van der Waals surface area contributed by atoms with Crippen molar-refractivity contribution in [3.63, 3.8) is 0 Å². The first-order valence-corrected chi connectivity index (χ1v) is 9.87. The van der Waals surface area contributed by atoms with Crippen LogP contribution in [0.5, 0.6) is 0 Å². The van der Waals surface area contributed by atoms with Crippen LogP contribution < -0.4 is 28.3 Å². The first kappa shape index (κ1) is 24.8. The number of hydroxylamine groups is 2. The van der Waals surface area contributed by atoms with Gasteiger partial charge >= 0.3 is 0 Å². The van der Waals surface area contributed by atoms with Crippen LogP contribution in [0.15, 0.2) is 27.4 Å². The van der Waals surface area contributed by atoms with Crippen molar-refractivity contribution in [2.75, 3.05) is 13.2 Å². The number of nitrogens with two attached hydrogens (primary N) is 3. The van der Waals surface area contributed by atoms with Gasteiger partial charge in [0.25, 0.3) is 0 Å². The minimum Gasteiger partial charge on any atom is -0.367 e. The molecule has 0 atom stereocenters. The third-order valence-electron chi connectivity index (χ3n) is 3.59. The maximum absolute atomic E-state index is 6.46. The van der Waals surface area contributed by atoms with Crippen molar-refractivity contribution in [2.45, 2.75) is 39.0 Å². The number of hydrazone groups is 1. The van der Waals surface area contributed by atoms with E-state index in [-0.39, 0.29) is 11.9 Å². The van der Waals surface area contributed by atoms with Crippen molar-refractivity contribution in [1.29, 1.82) is 0 Å². The minimum absolute atomic E-state index is 0.0145. The van der Waals surface area contributed by atoms with E-state index in [0.29, 0.717) is 28.8 Å². The lowest BCUT2D eigenvalue weighted by molar-refractivity contribution is 0.0809. The summed E-state index contributed by atoms with van der Waals surface area (Å²) < 4.78 is 0. The Morgan fingerprint density at radius 3 is 2.45 bits per heavy atom. The molecule has 0 heterocycles. The van der Waals surface area contributed by atoms with Gasteiger partial charge in [-0.2, -0.15) is 5.10 Å². The molecular weight excluding hydrogens is 419 g/mol. The summed E-state index contributed by atoms with van der Waals surface area (Å²) in [4.78, 5) is 10.2. The number of aryl methyl sites for hydroxylation is 1. The molecule has 0 fully saturated rings. The summed E-state index contributed by atoms with van der Waals surface area (Å²) in [5.74, 6) is 5.03. The van der Waals surface area contributed by atoms with Gasteiger partial charge in [0.1, 0.15) is 0 Å². The van der Waals surface area contributed by atoms with E-state index in [4.69, 9.17) is 50.2 Å². The van der Waals surface area contributed by atoms with Crippen LogP contribution >= 0.6 is 23.2 Å². The Morgan fingerprint density at radius 2 is 1.76 bits per heavy atom. The van der Waals surface area contributed by atoms with Crippen molar-refractivity contribution in [1.82, 2.24) is 11.0 Å². The number of nitrogens with zero attached hydrogens (tertiary/aromatic N) is 3. The molecule has 0 bridgehead atoms. The summed E-state index contributed by atoms with van der Waals surface area (Å²) in [5.41, 5.74) is 17.4. The summed E-state index contributed by atoms with van der Waals surface area (Å²) in [5, 5.41) is 11.9. The van der Waals surface area contributed by atoms with Crippen molar-refractivity contribution in [3.8, 4) is 0 Å². The van der Waals surface area contributed by atoms with Crippen LogP contribution in [0.25, 0.3) is 0 Å². The highest BCUT2D eigenvalue weighted by Crippen LogP contribution is 2.28. The quantitative estimate of drug-likeness (QED) is 0.108. The predicted molar refractivity (Wildman–Crippen MR) is 118 cm³/mol. The molecular formula is C17H28Cl2N8O2. The molecule has 1 aromatic rings. The SMILES string of the molecule is CCCCONC(N)=N/N=C/c1c(Cl)ccc(CCCCONC(N)=NN)c1Cl. The molecule has 10 nitrogen and oxygen atoms in total. The zero-order chi connectivity index (χ0) is 21.5. The molecule has 0 aliphatic rings. The highest BCUT2D eigenvalue weighted by atomic mass is 35.5. The number of nitrogens with one attached hydrogen (secondary N) is 2. The van der Waals surface area contributed by atoms with Gasteiger partial charge in [0.05, 0.1) is 29.5 Å². The van der Waals surface area contributed by atoms with Gasteiger partial charge < -0.3 is 17.3 Å². The lowest BCUT2D eigenvalue weighted by Crippen LogP contribution is -2.32. The number of guanidine groups is 2. The summed E-state index contributed by atoms with van der Waals surface area (Å²) in [6.45, 7) is 3.04. The molecule has 0 unspecified atom stereocenters. The maximum atomic E-state index is 6.46. The highest BCUT2D eigenvalue weighted by molar-refractivity contribution is 6.39. The number of unbranched alkanes of at least 4 members (excludes halogenated alkanes) is 2. The predicted octanol–water partition coefficient (Wildman–Crippen LogP) is 2.00. The topological polar surface area (TPSA) is 158 Å². The average Bonchev–Trinajstić information content (AvgIpc) is 2.71. The molecule has 12 heteroatoms. The van der Waals surface area contributed by atoms with E-state index in [9.17, 15) is 0 Å². The van der Waals surface area contributed by atoms with E-state index in [1.807, 2.05) is 6.07 Å². The van der Waals surface area contributed by atoms with Crippen LogP contribution in [0.2, 0.25) is 10.0 Å². The molecule has 29 heavy (non-hydrogen) atoms. The molecule has 8 N–H and O–H groups in total. The van der Waals surface area contributed by atoms with E-state index in [1.165, 1.54) is 6.21 Å². The standard InChI is InChI=1S/C17H28Cl2N8O2/c1-2-3-9-28-27-17(21)25-23-11-13-14(18)8-7-12(15(13)19)6-4-5-10-29-26-16(20)24-22/h7-8,11H,2-6,9-10,22H2,1H3,(H3,20,24,26)(H3,21,25,27)/b23-11+. The molecule has 162 valence electrons. The lowest BCUT2D eigenvalue weighted by Gasteiger charge is -2.09. The Kier molecular flexibility index (Phi) is 12.5. The Labute approximate surface area is 180 Å². The molecule has 0 spiro atoms. The molecule has 0 aliphatic heterocycles. The second kappa shape index (κ2) is 14.7. The molecule has 0 aliphatic carbocycles. The van der Waals surface area contributed by atoms with E-state index in [2.05, 4.69) is 33.2 Å². The van der Waals surface area contributed by atoms with Crippen LogP contribution in [0.1, 0.15) is 43.7 Å². The summed E-state index contributed by atoms with van der Waals surface area (Å²) in [6.07, 6.45) is 5.74. The normalized spacial score (nSPS) is 12.5. The fourth-order valence-corrected chi connectivity index (χ4v) is 2.64. The Hall–Kier alpha value is -2.27. The van der Waals surface area contributed by atoms with Crippen molar-refractivity contribution in [2.24, 2.45) is 32.6 Å². The fraction of sp³-hybridized carbons (Fsp3) is 0.471. The molecule has 1 rings (SSSR count). The molecule has 1 aromatic carbocycles.